The molecule has 0 aliphatic rings. The first-order valence-electron chi connectivity index (χ1n) is 5.19. The maximum absolute atomic E-state index is 13.7. The van der Waals surface area contributed by atoms with Gasteiger partial charge in [0.1, 0.15) is 5.82 Å². The van der Waals surface area contributed by atoms with Crippen LogP contribution in [0.5, 0.6) is 0 Å². The summed E-state index contributed by atoms with van der Waals surface area (Å²) in [7, 11) is 0. The van der Waals surface area contributed by atoms with Crippen LogP contribution in [0, 0.1) is 12.7 Å². The SMILES string of the molecule is Cc1cnc(SCc2cccc(Br)c2F)[nH]c1=O. The van der Waals surface area contributed by atoms with Gasteiger partial charge in [0.15, 0.2) is 5.16 Å². The zero-order chi connectivity index (χ0) is 13.1. The highest BCUT2D eigenvalue weighted by Crippen LogP contribution is 2.24. The fourth-order valence-corrected chi connectivity index (χ4v) is 2.54. The van der Waals surface area contributed by atoms with E-state index in [9.17, 15) is 9.18 Å². The van der Waals surface area contributed by atoms with Gasteiger partial charge in [-0.1, -0.05) is 23.9 Å². The molecular weight excluding hydrogens is 319 g/mol. The van der Waals surface area contributed by atoms with Gasteiger partial charge in [-0.15, -0.1) is 0 Å². The highest BCUT2D eigenvalue weighted by Gasteiger charge is 2.07. The van der Waals surface area contributed by atoms with Gasteiger partial charge in [0.25, 0.3) is 5.56 Å². The molecule has 0 amide bonds. The van der Waals surface area contributed by atoms with Crippen molar-refractivity contribution in [2.24, 2.45) is 0 Å². The van der Waals surface area contributed by atoms with Gasteiger partial charge >= 0.3 is 0 Å². The lowest BCUT2D eigenvalue weighted by molar-refractivity contribution is 0.610. The van der Waals surface area contributed by atoms with Crippen molar-refractivity contribution in [2.75, 3.05) is 0 Å². The summed E-state index contributed by atoms with van der Waals surface area (Å²) in [5.41, 5.74) is 0.966. The standard InChI is InChI=1S/C12H10BrFN2OS/c1-7-5-15-12(16-11(7)17)18-6-8-3-2-4-9(13)10(8)14/h2-5H,6H2,1H3,(H,15,16,17). The fourth-order valence-electron chi connectivity index (χ4n) is 1.32. The van der Waals surface area contributed by atoms with Crippen LogP contribution < -0.4 is 5.56 Å². The topological polar surface area (TPSA) is 45.8 Å². The Kier molecular flexibility index (Phi) is 4.19. The number of hydrogen-bond acceptors (Lipinski definition) is 3. The Labute approximate surface area is 116 Å². The Morgan fingerprint density at radius 2 is 2.28 bits per heavy atom. The van der Waals surface area contributed by atoms with Gasteiger partial charge < -0.3 is 4.98 Å². The highest BCUT2D eigenvalue weighted by molar-refractivity contribution is 9.10. The summed E-state index contributed by atoms with van der Waals surface area (Å²) < 4.78 is 14.1. The van der Waals surface area contributed by atoms with Crippen LogP contribution in [0.2, 0.25) is 0 Å². The molecule has 3 nitrogen and oxygen atoms in total. The molecule has 0 unspecified atom stereocenters. The first kappa shape index (κ1) is 13.3. The van der Waals surface area contributed by atoms with Crippen LogP contribution in [0.25, 0.3) is 0 Å². The predicted molar refractivity (Wildman–Crippen MR) is 73.3 cm³/mol. The number of halogens is 2. The van der Waals surface area contributed by atoms with E-state index in [0.717, 1.165) is 0 Å². The first-order valence-corrected chi connectivity index (χ1v) is 6.97. The van der Waals surface area contributed by atoms with Crippen molar-refractivity contribution >= 4 is 27.7 Å². The molecule has 1 aromatic heterocycles. The summed E-state index contributed by atoms with van der Waals surface area (Å²) in [6, 6.07) is 5.13. The van der Waals surface area contributed by atoms with E-state index >= 15 is 0 Å². The minimum Gasteiger partial charge on any atom is -0.301 e. The van der Waals surface area contributed by atoms with E-state index in [0.29, 0.717) is 26.5 Å². The lowest BCUT2D eigenvalue weighted by Crippen LogP contribution is -2.10. The van der Waals surface area contributed by atoms with Crippen molar-refractivity contribution in [2.45, 2.75) is 17.8 Å². The lowest BCUT2D eigenvalue weighted by Gasteiger charge is -2.04. The largest absolute Gasteiger partial charge is 0.301 e. The minimum absolute atomic E-state index is 0.165. The van der Waals surface area contributed by atoms with Crippen molar-refractivity contribution < 1.29 is 4.39 Å². The Hall–Kier alpha value is -1.14. The number of nitrogens with one attached hydrogen (secondary N) is 1. The molecule has 18 heavy (non-hydrogen) atoms. The number of benzene rings is 1. The highest BCUT2D eigenvalue weighted by atomic mass is 79.9. The van der Waals surface area contributed by atoms with Gasteiger partial charge in [-0.05, 0) is 34.5 Å². The van der Waals surface area contributed by atoms with Gasteiger partial charge in [0, 0.05) is 17.5 Å². The second kappa shape index (κ2) is 5.67. The molecule has 1 heterocycles. The van der Waals surface area contributed by atoms with Crippen molar-refractivity contribution in [1.29, 1.82) is 0 Å². The maximum Gasteiger partial charge on any atom is 0.254 e. The molecule has 0 aliphatic heterocycles. The number of hydrogen-bond donors (Lipinski definition) is 1. The Bertz CT molecular complexity index is 630. The summed E-state index contributed by atoms with van der Waals surface area (Å²) >= 11 is 4.43. The van der Waals surface area contributed by atoms with Crippen molar-refractivity contribution in [3.63, 3.8) is 0 Å². The summed E-state index contributed by atoms with van der Waals surface area (Å²) in [6.07, 6.45) is 1.51. The Morgan fingerprint density at radius 3 is 3.00 bits per heavy atom. The molecule has 0 atom stereocenters. The molecule has 6 heteroatoms. The van der Waals surface area contributed by atoms with Gasteiger partial charge in [-0.25, -0.2) is 9.37 Å². The summed E-state index contributed by atoms with van der Waals surface area (Å²) in [5, 5.41) is 0.491. The van der Waals surface area contributed by atoms with E-state index in [1.54, 1.807) is 25.1 Å². The summed E-state index contributed by atoms with van der Waals surface area (Å²) in [4.78, 5) is 18.1. The molecule has 2 rings (SSSR count). The Balaban J connectivity index is 2.14. The molecular formula is C12H10BrFN2OS. The van der Waals surface area contributed by atoms with E-state index in [2.05, 4.69) is 25.9 Å². The molecule has 0 radical (unpaired) electrons. The van der Waals surface area contributed by atoms with Crippen LogP contribution in [-0.2, 0) is 5.75 Å². The third-order valence-corrected chi connectivity index (χ3v) is 3.90. The third-order valence-electron chi connectivity index (χ3n) is 2.35. The zero-order valence-corrected chi connectivity index (χ0v) is 11.9. The van der Waals surface area contributed by atoms with Gasteiger partial charge in [-0.3, -0.25) is 4.79 Å². The summed E-state index contributed by atoms with van der Waals surface area (Å²) in [5.74, 6) is 0.136. The van der Waals surface area contributed by atoms with E-state index in [1.807, 2.05) is 0 Å². The molecule has 0 spiro atoms. The van der Waals surface area contributed by atoms with Crippen LogP contribution in [0.3, 0.4) is 0 Å². The second-order valence-corrected chi connectivity index (χ2v) is 5.52. The number of H-pyrrole nitrogens is 1. The number of nitrogens with zero attached hydrogens (tertiary/aromatic N) is 1. The average Bonchev–Trinajstić information content (AvgIpc) is 2.35. The molecule has 0 saturated carbocycles. The van der Waals surface area contributed by atoms with Crippen LogP contribution >= 0.6 is 27.7 Å². The molecule has 0 fully saturated rings. The molecule has 2 aromatic rings. The molecule has 1 N–H and O–H groups in total. The number of aromatic nitrogens is 2. The van der Waals surface area contributed by atoms with Crippen molar-refractivity contribution in [1.82, 2.24) is 9.97 Å². The number of thioether (sulfide) groups is 1. The first-order chi connectivity index (χ1) is 8.58. The van der Waals surface area contributed by atoms with Crippen LogP contribution in [-0.4, -0.2) is 9.97 Å². The molecule has 0 saturated heterocycles. The third kappa shape index (κ3) is 3.00. The maximum atomic E-state index is 13.7. The number of aryl methyl sites for hydroxylation is 1. The molecule has 0 aliphatic carbocycles. The second-order valence-electron chi connectivity index (χ2n) is 3.70. The van der Waals surface area contributed by atoms with Gasteiger partial charge in [0.2, 0.25) is 0 Å². The number of rotatable bonds is 3. The fraction of sp³-hybridized carbons (Fsp3) is 0.167. The van der Waals surface area contributed by atoms with E-state index in [1.165, 1.54) is 18.0 Å². The normalized spacial score (nSPS) is 10.6. The smallest absolute Gasteiger partial charge is 0.254 e. The molecule has 0 bridgehead atoms. The van der Waals surface area contributed by atoms with Crippen molar-refractivity contribution in [3.8, 4) is 0 Å². The van der Waals surface area contributed by atoms with Gasteiger partial charge in [-0.2, -0.15) is 0 Å². The minimum atomic E-state index is -0.278. The van der Waals surface area contributed by atoms with Crippen molar-refractivity contribution in [3.05, 3.63) is 56.2 Å². The lowest BCUT2D eigenvalue weighted by atomic mass is 10.2. The van der Waals surface area contributed by atoms with E-state index in [4.69, 9.17) is 0 Å². The predicted octanol–water partition coefficient (Wildman–Crippen LogP) is 3.27. The molecule has 1 aromatic carbocycles. The molecule has 94 valence electrons. The monoisotopic (exact) mass is 328 g/mol. The average molecular weight is 329 g/mol. The Morgan fingerprint density at radius 1 is 1.50 bits per heavy atom. The van der Waals surface area contributed by atoms with Crippen LogP contribution in [0.15, 0.2) is 38.8 Å². The zero-order valence-electron chi connectivity index (χ0n) is 9.54. The quantitative estimate of drug-likeness (QED) is 0.694. The van der Waals surface area contributed by atoms with E-state index in [-0.39, 0.29) is 11.4 Å². The van der Waals surface area contributed by atoms with E-state index < -0.39 is 0 Å². The van der Waals surface area contributed by atoms with Gasteiger partial charge in [0.05, 0.1) is 4.47 Å². The summed E-state index contributed by atoms with van der Waals surface area (Å²) in [6.45, 7) is 1.69. The number of aromatic amines is 1. The van der Waals surface area contributed by atoms with Crippen LogP contribution in [0.4, 0.5) is 4.39 Å². The van der Waals surface area contributed by atoms with Crippen LogP contribution in [0.1, 0.15) is 11.1 Å².